The molecule has 0 aliphatic heterocycles. The van der Waals surface area contributed by atoms with Crippen molar-refractivity contribution >= 4 is 32.7 Å². The number of sulfonamides is 1. The summed E-state index contributed by atoms with van der Waals surface area (Å²) in [4.78, 5) is 18.3. The number of carbonyl (C=O) groups is 1. The second kappa shape index (κ2) is 9.67. The second-order valence-corrected chi connectivity index (χ2v) is 10.0. The number of hydrogen-bond acceptors (Lipinski definition) is 4. The molecule has 36 heavy (non-hydrogen) atoms. The third kappa shape index (κ3) is 4.71. The number of nitrogens with zero attached hydrogens (tertiary/aromatic N) is 2. The van der Waals surface area contributed by atoms with E-state index in [0.29, 0.717) is 17.1 Å². The quantitative estimate of drug-likeness (QED) is 0.335. The molecule has 5 rings (SSSR count). The summed E-state index contributed by atoms with van der Waals surface area (Å²) >= 11 is 0. The van der Waals surface area contributed by atoms with Crippen LogP contribution in [0.4, 0.5) is 5.69 Å². The highest BCUT2D eigenvalue weighted by molar-refractivity contribution is 7.92. The van der Waals surface area contributed by atoms with Gasteiger partial charge in [0, 0.05) is 18.3 Å². The lowest BCUT2D eigenvalue weighted by molar-refractivity contribution is 0.0941. The van der Waals surface area contributed by atoms with Gasteiger partial charge in [-0.15, -0.1) is 0 Å². The van der Waals surface area contributed by atoms with Gasteiger partial charge in [0.2, 0.25) is 0 Å². The molecule has 1 aromatic heterocycles. The van der Waals surface area contributed by atoms with Crippen LogP contribution in [0.1, 0.15) is 27.8 Å². The van der Waals surface area contributed by atoms with Crippen LogP contribution >= 0.6 is 0 Å². The molecule has 0 saturated carbocycles. The van der Waals surface area contributed by atoms with Gasteiger partial charge in [-0.05, 0) is 48.0 Å². The zero-order valence-corrected chi connectivity index (χ0v) is 20.3. The molecule has 0 spiro atoms. The van der Waals surface area contributed by atoms with Crippen molar-refractivity contribution in [1.29, 1.82) is 0 Å². The van der Waals surface area contributed by atoms with Gasteiger partial charge in [0.05, 0.1) is 15.9 Å². The van der Waals surface area contributed by atoms with Crippen molar-refractivity contribution < 1.29 is 13.2 Å². The topological polar surface area (TPSA) is 93.1 Å². The Labute approximate surface area is 209 Å². The van der Waals surface area contributed by atoms with E-state index >= 15 is 0 Å². The van der Waals surface area contributed by atoms with Crippen molar-refractivity contribution in [2.45, 2.75) is 10.9 Å². The van der Waals surface area contributed by atoms with Crippen molar-refractivity contribution in [2.24, 2.45) is 7.05 Å². The zero-order chi connectivity index (χ0) is 25.1. The van der Waals surface area contributed by atoms with Gasteiger partial charge < -0.3 is 9.88 Å². The third-order valence-corrected chi connectivity index (χ3v) is 7.32. The first-order valence-corrected chi connectivity index (χ1v) is 12.9. The van der Waals surface area contributed by atoms with Gasteiger partial charge in [0.1, 0.15) is 11.9 Å². The maximum absolute atomic E-state index is 13.4. The van der Waals surface area contributed by atoms with Crippen molar-refractivity contribution in [3.63, 3.8) is 0 Å². The predicted octanol–water partition coefficient (Wildman–Crippen LogP) is 4.89. The number of hydrogen-bond donors (Lipinski definition) is 2. The molecular weight excluding hydrogens is 472 g/mol. The van der Waals surface area contributed by atoms with Crippen LogP contribution in [0.3, 0.4) is 0 Å². The molecule has 0 fully saturated rings. The van der Waals surface area contributed by atoms with Crippen LogP contribution in [0.2, 0.25) is 0 Å². The maximum Gasteiger partial charge on any atom is 0.261 e. The highest BCUT2D eigenvalue weighted by atomic mass is 32.2. The molecule has 1 unspecified atom stereocenters. The summed E-state index contributed by atoms with van der Waals surface area (Å²) < 4.78 is 30.0. The van der Waals surface area contributed by atoms with E-state index in [1.54, 1.807) is 36.4 Å². The van der Waals surface area contributed by atoms with Crippen LogP contribution in [-0.4, -0.2) is 23.9 Å². The molecule has 7 nitrogen and oxygen atoms in total. The number of aromatic nitrogens is 2. The molecule has 8 heteroatoms. The van der Waals surface area contributed by atoms with E-state index in [0.717, 1.165) is 16.6 Å². The number of carbonyl (C=O) groups excluding carboxylic acids is 1. The van der Waals surface area contributed by atoms with E-state index in [1.165, 1.54) is 18.2 Å². The van der Waals surface area contributed by atoms with Crippen LogP contribution in [0, 0.1) is 0 Å². The molecule has 0 radical (unpaired) electrons. The lowest BCUT2D eigenvalue weighted by Gasteiger charge is -2.19. The van der Waals surface area contributed by atoms with Gasteiger partial charge in [-0.1, -0.05) is 66.7 Å². The van der Waals surface area contributed by atoms with Gasteiger partial charge in [0.25, 0.3) is 15.9 Å². The Morgan fingerprint density at radius 1 is 0.833 bits per heavy atom. The summed E-state index contributed by atoms with van der Waals surface area (Å²) in [6, 6.07) is 31.4. The Morgan fingerprint density at radius 2 is 1.50 bits per heavy atom. The number of para-hydroxylation sites is 2. The molecule has 0 aliphatic rings. The Kier molecular flexibility index (Phi) is 6.26. The SMILES string of the molecule is Cn1c(C(NC(=O)c2cccc(NS(=O)(=O)c3ccccc3)c2)c2ccccc2)nc2ccccc21. The predicted molar refractivity (Wildman–Crippen MR) is 140 cm³/mol. The van der Waals surface area contributed by atoms with E-state index in [2.05, 4.69) is 10.0 Å². The summed E-state index contributed by atoms with van der Waals surface area (Å²) in [5, 5.41) is 3.09. The van der Waals surface area contributed by atoms with Gasteiger partial charge in [-0.25, -0.2) is 13.4 Å². The van der Waals surface area contributed by atoms with Crippen LogP contribution in [0.5, 0.6) is 0 Å². The average molecular weight is 497 g/mol. The van der Waals surface area contributed by atoms with Crippen LogP contribution in [-0.2, 0) is 17.1 Å². The smallest absolute Gasteiger partial charge is 0.261 e. The minimum Gasteiger partial charge on any atom is -0.338 e. The number of amides is 1. The molecule has 0 aliphatic carbocycles. The summed E-state index contributed by atoms with van der Waals surface area (Å²) in [6.45, 7) is 0. The highest BCUT2D eigenvalue weighted by Crippen LogP contribution is 2.26. The number of aryl methyl sites for hydroxylation is 1. The van der Waals surface area contributed by atoms with Gasteiger partial charge in [-0.3, -0.25) is 9.52 Å². The van der Waals surface area contributed by atoms with E-state index in [-0.39, 0.29) is 10.8 Å². The van der Waals surface area contributed by atoms with Gasteiger partial charge in [-0.2, -0.15) is 0 Å². The van der Waals surface area contributed by atoms with Crippen molar-refractivity contribution in [3.05, 3.63) is 126 Å². The average Bonchev–Trinajstić information content (AvgIpc) is 3.24. The molecule has 180 valence electrons. The fourth-order valence-electron chi connectivity index (χ4n) is 4.12. The Bertz CT molecular complexity index is 1630. The van der Waals surface area contributed by atoms with Crippen molar-refractivity contribution in [1.82, 2.24) is 14.9 Å². The fraction of sp³-hybridized carbons (Fsp3) is 0.0714. The number of rotatable bonds is 7. The molecule has 1 heterocycles. The molecule has 4 aromatic carbocycles. The van der Waals surface area contributed by atoms with Crippen molar-refractivity contribution in [3.8, 4) is 0 Å². The second-order valence-electron chi connectivity index (χ2n) is 8.33. The number of benzene rings is 4. The monoisotopic (exact) mass is 496 g/mol. The molecule has 5 aromatic rings. The maximum atomic E-state index is 13.4. The van der Waals surface area contributed by atoms with E-state index in [9.17, 15) is 13.2 Å². The molecule has 0 bridgehead atoms. The largest absolute Gasteiger partial charge is 0.338 e. The Balaban J connectivity index is 1.45. The Hall–Kier alpha value is -4.43. The minimum absolute atomic E-state index is 0.144. The molecule has 1 amide bonds. The van der Waals surface area contributed by atoms with Crippen LogP contribution in [0.15, 0.2) is 114 Å². The van der Waals surface area contributed by atoms with Gasteiger partial charge >= 0.3 is 0 Å². The molecule has 0 saturated heterocycles. The van der Waals surface area contributed by atoms with E-state index in [1.807, 2.05) is 66.2 Å². The van der Waals surface area contributed by atoms with Gasteiger partial charge in [0.15, 0.2) is 0 Å². The third-order valence-electron chi connectivity index (χ3n) is 5.92. The normalized spacial score (nSPS) is 12.2. The number of fused-ring (bicyclic) bond motifs is 1. The van der Waals surface area contributed by atoms with Crippen molar-refractivity contribution in [2.75, 3.05) is 4.72 Å². The van der Waals surface area contributed by atoms with E-state index in [4.69, 9.17) is 4.98 Å². The lowest BCUT2D eigenvalue weighted by Crippen LogP contribution is -2.31. The summed E-state index contributed by atoms with van der Waals surface area (Å²) in [5.74, 6) is 0.341. The summed E-state index contributed by atoms with van der Waals surface area (Å²) in [5.41, 5.74) is 3.29. The minimum atomic E-state index is -3.78. The highest BCUT2D eigenvalue weighted by Gasteiger charge is 2.23. The van der Waals surface area contributed by atoms with Crippen LogP contribution in [0.25, 0.3) is 11.0 Å². The summed E-state index contributed by atoms with van der Waals surface area (Å²) in [7, 11) is -1.86. The number of imidazole rings is 1. The number of anilines is 1. The first-order valence-electron chi connectivity index (χ1n) is 11.4. The molecular formula is C28H24N4O3S. The number of nitrogens with one attached hydrogen (secondary N) is 2. The first kappa shape index (κ1) is 23.3. The standard InChI is InChI=1S/C28H24N4O3S/c1-32-25-18-9-8-17-24(25)29-27(32)26(20-11-4-2-5-12-20)30-28(33)21-13-10-14-22(19-21)31-36(34,35)23-15-6-3-7-16-23/h2-19,26,31H,1H3,(H,30,33). The Morgan fingerprint density at radius 3 is 2.22 bits per heavy atom. The molecule has 2 N–H and O–H groups in total. The lowest BCUT2D eigenvalue weighted by atomic mass is 10.1. The first-order chi connectivity index (χ1) is 17.4. The molecule has 1 atom stereocenters. The fourth-order valence-corrected chi connectivity index (χ4v) is 5.19. The summed E-state index contributed by atoms with van der Waals surface area (Å²) in [6.07, 6.45) is 0. The zero-order valence-electron chi connectivity index (χ0n) is 19.5. The van der Waals surface area contributed by atoms with E-state index < -0.39 is 16.1 Å². The van der Waals surface area contributed by atoms with Crippen LogP contribution < -0.4 is 10.0 Å².